The number of anilines is 2. The van der Waals surface area contributed by atoms with Crippen LogP contribution in [0.4, 0.5) is 11.4 Å². The normalized spacial score (nSPS) is 16.1. The third-order valence-corrected chi connectivity index (χ3v) is 5.56. The Bertz CT molecular complexity index is 899. The predicted octanol–water partition coefficient (Wildman–Crippen LogP) is 6.22. The second-order valence-electron chi connectivity index (χ2n) is 6.04. The number of benzene rings is 3. The lowest BCUT2D eigenvalue weighted by atomic mass is 9.84. The van der Waals surface area contributed by atoms with Crippen LogP contribution >= 0.6 is 22.6 Å². The Kier molecular flexibility index (Phi) is 4.15. The molecule has 3 aromatic rings. The Morgan fingerprint density at radius 1 is 0.833 bits per heavy atom. The summed E-state index contributed by atoms with van der Waals surface area (Å²) in [6.45, 7) is 0. The van der Waals surface area contributed by atoms with E-state index in [1.165, 1.54) is 31.6 Å². The summed E-state index contributed by atoms with van der Waals surface area (Å²) < 4.78 is 1.31. The summed E-state index contributed by atoms with van der Waals surface area (Å²) in [5, 5.41) is 0. The quantitative estimate of drug-likeness (QED) is 0.443. The van der Waals surface area contributed by atoms with Crippen molar-refractivity contribution in [2.45, 2.75) is 5.92 Å². The molecular weight excluding hydrogens is 405 g/mol. The monoisotopic (exact) mass is 423 g/mol. The summed E-state index contributed by atoms with van der Waals surface area (Å²) in [7, 11) is 2.16. The molecule has 1 nitrogen and oxygen atoms in total. The third-order valence-electron chi connectivity index (χ3n) is 4.62. The third kappa shape index (κ3) is 2.65. The van der Waals surface area contributed by atoms with Gasteiger partial charge in [-0.05, 0) is 51.9 Å². The molecule has 3 aromatic carbocycles. The zero-order valence-electron chi connectivity index (χ0n) is 13.5. The van der Waals surface area contributed by atoms with E-state index in [1.54, 1.807) is 0 Å². The van der Waals surface area contributed by atoms with Crippen LogP contribution in [0.25, 0.3) is 6.08 Å². The van der Waals surface area contributed by atoms with Gasteiger partial charge >= 0.3 is 0 Å². The Labute approximate surface area is 156 Å². The van der Waals surface area contributed by atoms with Crippen molar-refractivity contribution in [2.75, 3.05) is 11.9 Å². The van der Waals surface area contributed by atoms with E-state index in [9.17, 15) is 0 Å². The fourth-order valence-corrected chi connectivity index (χ4v) is 4.26. The van der Waals surface area contributed by atoms with Crippen LogP contribution in [0.3, 0.4) is 0 Å². The van der Waals surface area contributed by atoms with Crippen molar-refractivity contribution in [3.63, 3.8) is 0 Å². The number of hydrogen-bond donors (Lipinski definition) is 0. The van der Waals surface area contributed by atoms with Crippen molar-refractivity contribution in [2.24, 2.45) is 0 Å². The number of para-hydroxylation sites is 1. The predicted molar refractivity (Wildman–Crippen MR) is 111 cm³/mol. The molecule has 1 aliphatic rings. The van der Waals surface area contributed by atoms with E-state index in [0.29, 0.717) is 0 Å². The highest BCUT2D eigenvalue weighted by atomic mass is 127. The van der Waals surface area contributed by atoms with Crippen LogP contribution in [-0.2, 0) is 0 Å². The van der Waals surface area contributed by atoms with E-state index < -0.39 is 0 Å². The van der Waals surface area contributed by atoms with Crippen LogP contribution in [0.2, 0.25) is 0 Å². The van der Waals surface area contributed by atoms with Crippen molar-refractivity contribution in [1.82, 2.24) is 0 Å². The van der Waals surface area contributed by atoms with Crippen molar-refractivity contribution < 1.29 is 0 Å². The first-order chi connectivity index (χ1) is 11.8. The highest BCUT2D eigenvalue weighted by Crippen LogP contribution is 2.46. The fourth-order valence-electron chi connectivity index (χ4n) is 3.44. The van der Waals surface area contributed by atoms with Gasteiger partial charge < -0.3 is 4.90 Å². The van der Waals surface area contributed by atoms with E-state index in [1.807, 2.05) is 0 Å². The van der Waals surface area contributed by atoms with Crippen LogP contribution in [0.1, 0.15) is 22.6 Å². The molecule has 1 heterocycles. The minimum Gasteiger partial charge on any atom is -0.344 e. The molecule has 2 heteroatoms. The maximum absolute atomic E-state index is 2.46. The first-order valence-corrected chi connectivity index (χ1v) is 9.18. The lowest BCUT2D eigenvalue weighted by molar-refractivity contribution is 0.955. The maximum Gasteiger partial charge on any atom is 0.0460 e. The second kappa shape index (κ2) is 6.44. The van der Waals surface area contributed by atoms with Crippen molar-refractivity contribution in [1.29, 1.82) is 0 Å². The molecule has 0 aromatic heterocycles. The number of nitrogens with zero attached hydrogens (tertiary/aromatic N) is 1. The summed E-state index contributed by atoms with van der Waals surface area (Å²) in [5.74, 6) is 0.278. The number of halogens is 1. The lowest BCUT2D eigenvalue weighted by Gasteiger charge is -2.35. The molecule has 1 unspecified atom stereocenters. The molecule has 0 radical (unpaired) electrons. The summed E-state index contributed by atoms with van der Waals surface area (Å²) in [4.78, 5) is 2.31. The van der Waals surface area contributed by atoms with Crippen LogP contribution in [-0.4, -0.2) is 7.05 Å². The molecule has 0 aliphatic carbocycles. The Balaban J connectivity index is 1.87. The van der Waals surface area contributed by atoms with Gasteiger partial charge in [0.25, 0.3) is 0 Å². The number of allylic oxidation sites excluding steroid dienone is 1. The summed E-state index contributed by atoms with van der Waals surface area (Å²) in [6.07, 6.45) is 4.57. The van der Waals surface area contributed by atoms with Crippen molar-refractivity contribution in [3.8, 4) is 0 Å². The summed E-state index contributed by atoms with van der Waals surface area (Å²) in [5.41, 5.74) is 6.58. The van der Waals surface area contributed by atoms with Crippen LogP contribution < -0.4 is 4.90 Å². The van der Waals surface area contributed by atoms with Gasteiger partial charge in [0.2, 0.25) is 0 Å². The van der Waals surface area contributed by atoms with Gasteiger partial charge in [0.15, 0.2) is 0 Å². The molecule has 0 N–H and O–H groups in total. The average molecular weight is 423 g/mol. The first-order valence-electron chi connectivity index (χ1n) is 8.10. The van der Waals surface area contributed by atoms with Gasteiger partial charge in [-0.25, -0.2) is 0 Å². The zero-order chi connectivity index (χ0) is 16.5. The molecule has 1 atom stereocenters. The molecule has 24 heavy (non-hydrogen) atoms. The van der Waals surface area contributed by atoms with Gasteiger partial charge in [0.05, 0.1) is 0 Å². The van der Waals surface area contributed by atoms with Crippen LogP contribution in [0.15, 0.2) is 78.9 Å². The molecule has 0 saturated heterocycles. The molecule has 1 aliphatic heterocycles. The number of fused-ring (bicyclic) bond motifs is 2. The summed E-state index contributed by atoms with van der Waals surface area (Å²) in [6, 6.07) is 25.8. The highest BCUT2D eigenvalue weighted by molar-refractivity contribution is 14.1. The minimum atomic E-state index is 0.278. The highest BCUT2D eigenvalue weighted by Gasteiger charge is 2.28. The molecule has 0 amide bonds. The zero-order valence-corrected chi connectivity index (χ0v) is 15.6. The van der Waals surface area contributed by atoms with Gasteiger partial charge in [-0.1, -0.05) is 66.7 Å². The van der Waals surface area contributed by atoms with Gasteiger partial charge in [0, 0.05) is 33.5 Å². The molecule has 0 bridgehead atoms. The van der Waals surface area contributed by atoms with E-state index in [2.05, 4.69) is 119 Å². The van der Waals surface area contributed by atoms with E-state index in [0.717, 1.165) is 0 Å². The first kappa shape index (κ1) is 15.5. The Morgan fingerprint density at radius 2 is 1.54 bits per heavy atom. The maximum atomic E-state index is 2.46. The Morgan fingerprint density at radius 3 is 2.38 bits per heavy atom. The minimum absolute atomic E-state index is 0.278. The number of hydrogen-bond acceptors (Lipinski definition) is 1. The van der Waals surface area contributed by atoms with Gasteiger partial charge in [-0.3, -0.25) is 0 Å². The van der Waals surface area contributed by atoms with Gasteiger partial charge in [-0.2, -0.15) is 0 Å². The molecule has 118 valence electrons. The van der Waals surface area contributed by atoms with Gasteiger partial charge in [0.1, 0.15) is 0 Å². The van der Waals surface area contributed by atoms with E-state index >= 15 is 0 Å². The average Bonchev–Trinajstić information content (AvgIpc) is 2.63. The fraction of sp³-hybridized carbons (Fsp3) is 0.0909. The van der Waals surface area contributed by atoms with Crippen molar-refractivity contribution >= 4 is 40.0 Å². The number of rotatable bonds is 2. The van der Waals surface area contributed by atoms with Crippen LogP contribution in [0, 0.1) is 3.57 Å². The topological polar surface area (TPSA) is 3.24 Å². The largest absolute Gasteiger partial charge is 0.344 e. The summed E-state index contributed by atoms with van der Waals surface area (Å²) >= 11 is 2.46. The molecular formula is C22H18IN. The Hall–Kier alpha value is -2.07. The van der Waals surface area contributed by atoms with E-state index in [-0.39, 0.29) is 5.92 Å². The molecule has 0 saturated carbocycles. The van der Waals surface area contributed by atoms with Gasteiger partial charge in [-0.15, -0.1) is 0 Å². The molecule has 0 spiro atoms. The lowest BCUT2D eigenvalue weighted by Crippen LogP contribution is -2.21. The van der Waals surface area contributed by atoms with E-state index in [4.69, 9.17) is 0 Å². The SMILES string of the molecule is CN1c2ccccc2C(/C=C/c2ccccc2)c2c(I)cccc21. The second-order valence-corrected chi connectivity index (χ2v) is 7.20. The van der Waals surface area contributed by atoms with Crippen molar-refractivity contribution in [3.05, 3.63) is 99.1 Å². The smallest absolute Gasteiger partial charge is 0.0460 e. The molecule has 4 rings (SSSR count). The standard InChI is InChI=1S/C22H18IN/c1-24-20-12-6-5-10-17(20)18(15-14-16-8-3-2-4-9-16)22-19(23)11-7-13-21(22)24/h2-15,18H,1H3/b15-14+. The molecule has 0 fully saturated rings. The van der Waals surface area contributed by atoms with Crippen LogP contribution in [0.5, 0.6) is 0 Å².